The lowest BCUT2D eigenvalue weighted by Crippen LogP contribution is -2.71. The van der Waals surface area contributed by atoms with Gasteiger partial charge in [0, 0.05) is 37.7 Å². The summed E-state index contributed by atoms with van der Waals surface area (Å²) in [6.45, 7) is 8.09. The summed E-state index contributed by atoms with van der Waals surface area (Å²) >= 11 is 0. The standard InChI is InChI=1S/C25H27N5O3.C22H28F3N5O3.C21H25N5O3/c1-3-27-23(31)22-20(13-16-11-12-28-21(26)14-16)24(32)30(22)25(33)29-15(2)18-10-6-8-17-7-4-5-9-19(17)18;23-22(24,25)18(13-4-2-1-3-5-13)29-21(33)30-17(19(31)28-14-6-7-14)15(20(30)32)10-12-8-9-27-16(26)11-12;1-3-23-19(27)18-16(11-14-9-10-24-17(22)12-14)20(28)26(18)21(29)25-13(2)15-7-5-4-6-8-15/h4-12,14-15,20,22H,3,13H2,1-2H3,(H2,26,28)(H,27,31)(H,29,33);8-9,11,13-15,17-18H,1-7,10H2,(H2,26,27)(H,28,31)(H,29,33);4-10,12-13,16,18H,3,11H2,1-2H3,(H2,22,24)(H,23,27)(H,25,29)/t15-,20-,22+;15-,17+,18+;13-,16-,18+/m111/s1. The predicted octanol–water partition coefficient (Wildman–Crippen LogP) is 6.97. The molecule has 27 heteroatoms. The third kappa shape index (κ3) is 16.6. The number of imide groups is 3. The van der Waals surface area contributed by atoms with Crippen molar-refractivity contribution in [3.8, 4) is 0 Å². The van der Waals surface area contributed by atoms with Crippen LogP contribution in [0.25, 0.3) is 10.8 Å². The normalized spacial score (nSPS) is 20.9. The molecule has 3 aliphatic heterocycles. The van der Waals surface area contributed by atoms with Crippen LogP contribution in [-0.4, -0.2) is 133 Å². The zero-order chi connectivity index (χ0) is 68.3. The molecule has 11 rings (SSSR count). The molecule has 2 aliphatic carbocycles. The molecule has 502 valence electrons. The molecule has 0 unspecified atom stereocenters. The Bertz CT molecular complexity index is 3790. The highest BCUT2D eigenvalue weighted by Gasteiger charge is 2.58. The molecule has 9 atom stereocenters. The van der Waals surface area contributed by atoms with E-state index in [1.165, 1.54) is 6.20 Å². The average Bonchev–Trinajstić information content (AvgIpc) is 1.18. The highest BCUT2D eigenvalue weighted by atomic mass is 19.4. The van der Waals surface area contributed by atoms with E-state index in [1.807, 2.05) is 92.0 Å². The summed E-state index contributed by atoms with van der Waals surface area (Å²) < 4.78 is 41.3. The average molecular weight is 1310 g/mol. The number of halogens is 3. The lowest BCUT2D eigenvalue weighted by Gasteiger charge is -2.45. The highest BCUT2D eigenvalue weighted by molar-refractivity contribution is 6.11. The topological polar surface area (TPSA) is 352 Å². The Morgan fingerprint density at radius 2 is 0.947 bits per heavy atom. The van der Waals surface area contributed by atoms with Crippen molar-refractivity contribution in [2.45, 2.75) is 140 Å². The summed E-state index contributed by atoms with van der Waals surface area (Å²) in [5.74, 6) is -4.61. The minimum Gasteiger partial charge on any atom is -0.384 e. The number of β-lactam (4-membered cyclic amide) rings is 3. The molecular formula is C68H80F3N15O9. The number of nitrogens with two attached hydrogens (primary N) is 3. The predicted molar refractivity (Wildman–Crippen MR) is 347 cm³/mol. The SMILES string of the molecule is CCNC(=O)[C@@H]1[C@@H](Cc2ccnc(N)c2)C(=O)N1C(=O)N[C@H](C)c1cccc2ccccc12.CCNC(=O)[C@@H]1[C@@H](Cc2ccnc(N)c2)C(=O)N1C(=O)N[C@H](C)c1ccccc1.Nc1cc(C[C@H]2C(=O)N(C(=O)N[C@@H](C3CCCCC3)C(F)(F)F)[C@@H]2C(=O)NC2CC2)ccn1. The van der Waals surface area contributed by atoms with Gasteiger partial charge in [-0.25, -0.2) is 29.3 Å². The van der Waals surface area contributed by atoms with E-state index in [0.29, 0.717) is 73.7 Å². The molecule has 6 heterocycles. The monoisotopic (exact) mass is 1310 g/mol. The summed E-state index contributed by atoms with van der Waals surface area (Å²) in [5, 5.41) is 18.0. The van der Waals surface area contributed by atoms with Crippen LogP contribution >= 0.6 is 0 Å². The number of carbonyl (C=O) groups excluding carboxylic acids is 9. The van der Waals surface area contributed by atoms with E-state index in [1.54, 1.807) is 62.6 Å². The number of amides is 12. The number of anilines is 3. The molecule has 5 fully saturated rings. The molecule has 12 N–H and O–H groups in total. The Morgan fingerprint density at radius 3 is 1.39 bits per heavy atom. The van der Waals surface area contributed by atoms with Crippen molar-refractivity contribution in [3.63, 3.8) is 0 Å². The first-order valence-corrected chi connectivity index (χ1v) is 31.9. The van der Waals surface area contributed by atoms with Gasteiger partial charge in [0.1, 0.15) is 41.6 Å². The number of benzene rings is 3. The van der Waals surface area contributed by atoms with Crippen LogP contribution < -0.4 is 49.1 Å². The first-order chi connectivity index (χ1) is 45.5. The van der Waals surface area contributed by atoms with Crippen molar-refractivity contribution in [2.75, 3.05) is 30.3 Å². The molecule has 5 aliphatic rings. The van der Waals surface area contributed by atoms with Gasteiger partial charge in [-0.05, 0) is 154 Å². The number of pyridine rings is 3. The Morgan fingerprint density at radius 1 is 0.526 bits per heavy atom. The number of rotatable bonds is 18. The number of urea groups is 3. The molecule has 95 heavy (non-hydrogen) atoms. The van der Waals surface area contributed by atoms with Gasteiger partial charge >= 0.3 is 24.3 Å². The van der Waals surface area contributed by atoms with Gasteiger partial charge in [-0.15, -0.1) is 0 Å². The third-order valence-corrected chi connectivity index (χ3v) is 17.7. The number of nitrogens with zero attached hydrogens (tertiary/aromatic N) is 6. The molecule has 0 bridgehead atoms. The third-order valence-electron chi connectivity index (χ3n) is 17.7. The van der Waals surface area contributed by atoms with E-state index in [9.17, 15) is 56.3 Å². The fourth-order valence-electron chi connectivity index (χ4n) is 12.7. The fraction of sp³-hybridized carbons (Fsp3) is 0.412. The van der Waals surface area contributed by atoms with Gasteiger partial charge in [0.15, 0.2) is 0 Å². The van der Waals surface area contributed by atoms with Crippen LogP contribution in [-0.2, 0) is 48.0 Å². The Hall–Kier alpha value is -10.2. The highest BCUT2D eigenvalue weighted by Crippen LogP contribution is 2.38. The second-order valence-corrected chi connectivity index (χ2v) is 24.4. The summed E-state index contributed by atoms with van der Waals surface area (Å²) in [4.78, 5) is 130. The van der Waals surface area contributed by atoms with E-state index < -0.39 is 83.9 Å². The second-order valence-electron chi connectivity index (χ2n) is 24.4. The van der Waals surface area contributed by atoms with E-state index in [0.717, 1.165) is 62.1 Å². The van der Waals surface area contributed by atoms with E-state index in [-0.39, 0.29) is 54.0 Å². The quantitative estimate of drug-likeness (QED) is 0.0393. The largest absolute Gasteiger partial charge is 0.408 e. The molecule has 3 aromatic carbocycles. The number of likely N-dealkylation sites (N-methyl/N-ethyl adjacent to an activating group) is 2. The molecule has 0 spiro atoms. The van der Waals surface area contributed by atoms with Crippen LogP contribution in [0.2, 0.25) is 0 Å². The van der Waals surface area contributed by atoms with E-state index >= 15 is 0 Å². The van der Waals surface area contributed by atoms with Gasteiger partial charge in [-0.1, -0.05) is 92.1 Å². The lowest BCUT2D eigenvalue weighted by atomic mass is 9.81. The number of alkyl halides is 3. The van der Waals surface area contributed by atoms with Crippen molar-refractivity contribution >= 4 is 81.8 Å². The maximum absolute atomic E-state index is 13.8. The van der Waals surface area contributed by atoms with Gasteiger partial charge in [0.05, 0.1) is 29.8 Å². The minimum atomic E-state index is -4.65. The zero-order valence-electron chi connectivity index (χ0n) is 53.2. The maximum atomic E-state index is 13.8. The van der Waals surface area contributed by atoms with Gasteiger partial charge in [0.2, 0.25) is 35.4 Å². The van der Waals surface area contributed by atoms with Gasteiger partial charge in [0.25, 0.3) is 0 Å². The minimum absolute atomic E-state index is 0.0273. The first kappa shape index (κ1) is 69.1. The molecule has 24 nitrogen and oxygen atoms in total. The number of nitrogen functional groups attached to an aromatic ring is 3. The number of carbonyl (C=O) groups is 9. The summed E-state index contributed by atoms with van der Waals surface area (Å²) in [5.41, 5.74) is 21.2. The molecular weight excluding hydrogens is 1230 g/mol. The smallest absolute Gasteiger partial charge is 0.384 e. The van der Waals surface area contributed by atoms with Crippen LogP contribution in [0.5, 0.6) is 0 Å². The van der Waals surface area contributed by atoms with Gasteiger partial charge in [-0.2, -0.15) is 13.2 Å². The number of aromatic nitrogens is 3. The van der Waals surface area contributed by atoms with Crippen LogP contribution in [0.3, 0.4) is 0 Å². The zero-order valence-corrected chi connectivity index (χ0v) is 53.2. The molecule has 2 saturated carbocycles. The first-order valence-electron chi connectivity index (χ1n) is 31.9. The van der Waals surface area contributed by atoms with Crippen LogP contribution in [0, 0.1) is 23.7 Å². The fourth-order valence-corrected chi connectivity index (χ4v) is 12.7. The van der Waals surface area contributed by atoms with Gasteiger partial charge in [-0.3, -0.25) is 43.5 Å². The van der Waals surface area contributed by atoms with Crippen molar-refractivity contribution in [1.29, 1.82) is 0 Å². The van der Waals surface area contributed by atoms with Crippen molar-refractivity contribution in [3.05, 3.63) is 156 Å². The summed E-state index contributed by atoms with van der Waals surface area (Å²) in [6.07, 6.45) is 5.18. The number of likely N-dealkylation sites (tertiary alicyclic amines) is 3. The van der Waals surface area contributed by atoms with Crippen LogP contribution in [0.4, 0.5) is 45.0 Å². The Labute approximate surface area is 547 Å². The number of hydrogen-bond acceptors (Lipinski definition) is 15. The molecule has 6 aromatic rings. The second kappa shape index (κ2) is 30.7. The van der Waals surface area contributed by atoms with Gasteiger partial charge < -0.3 is 49.1 Å². The maximum Gasteiger partial charge on any atom is 0.408 e. The number of hydrogen-bond donors (Lipinski definition) is 9. The van der Waals surface area contributed by atoms with Crippen molar-refractivity contribution in [1.82, 2.24) is 61.6 Å². The summed E-state index contributed by atoms with van der Waals surface area (Å²) in [7, 11) is 0. The number of nitrogens with one attached hydrogen (secondary N) is 6. The van der Waals surface area contributed by atoms with E-state index in [4.69, 9.17) is 17.2 Å². The van der Waals surface area contributed by atoms with Crippen molar-refractivity contribution < 1.29 is 56.3 Å². The Balaban J connectivity index is 0.000000168. The Kier molecular flexibility index (Phi) is 22.3. The summed E-state index contributed by atoms with van der Waals surface area (Å²) in [6, 6.07) is 25.3. The molecule has 3 aromatic heterocycles. The lowest BCUT2D eigenvalue weighted by molar-refractivity contribution is -0.170. The molecule has 12 amide bonds. The molecule has 3 saturated heterocycles. The van der Waals surface area contributed by atoms with E-state index in [2.05, 4.69) is 41.5 Å². The van der Waals surface area contributed by atoms with Crippen LogP contribution in [0.1, 0.15) is 113 Å². The van der Waals surface area contributed by atoms with Crippen LogP contribution in [0.15, 0.2) is 128 Å². The molecule has 0 radical (unpaired) electrons. The number of fused-ring (bicyclic) bond motifs is 1. The van der Waals surface area contributed by atoms with Crippen molar-refractivity contribution in [2.24, 2.45) is 23.7 Å².